The van der Waals surface area contributed by atoms with Gasteiger partial charge in [0, 0.05) is 20.0 Å². The maximum absolute atomic E-state index is 14.0. The number of hydrogen-bond acceptors (Lipinski definition) is 7. The Kier molecular flexibility index (Phi) is 18.7. The zero-order valence-corrected chi connectivity index (χ0v) is 41.6. The number of aromatic amines is 2. The molecule has 3 N–H and O–H groups in total. The van der Waals surface area contributed by atoms with Crippen molar-refractivity contribution in [1.82, 2.24) is 35.1 Å². The average Bonchev–Trinajstić information content (AvgIpc) is 4.09. The summed E-state index contributed by atoms with van der Waals surface area (Å²) in [5.74, 6) is 0.296. The van der Waals surface area contributed by atoms with Gasteiger partial charge in [0.25, 0.3) is 0 Å². The lowest BCUT2D eigenvalue weighted by Gasteiger charge is -2.30. The van der Waals surface area contributed by atoms with E-state index in [1.807, 2.05) is 80.0 Å². The molecule has 2 aliphatic heterocycles. The molecule has 0 unspecified atom stereocenters. The van der Waals surface area contributed by atoms with Gasteiger partial charge in [0.15, 0.2) is 0 Å². The summed E-state index contributed by atoms with van der Waals surface area (Å²) in [4.78, 5) is 73.1. The van der Waals surface area contributed by atoms with Gasteiger partial charge in [0.05, 0.1) is 46.5 Å². The van der Waals surface area contributed by atoms with Gasteiger partial charge in [0.1, 0.15) is 24.3 Å². The van der Waals surface area contributed by atoms with Crippen LogP contribution in [0.1, 0.15) is 96.0 Å². The Morgan fingerprint density at radius 2 is 1.14 bits per heavy atom. The second kappa shape index (κ2) is 23.0. The Hall–Kier alpha value is -4.90. The lowest BCUT2D eigenvalue weighted by molar-refractivity contribution is -0.151. The Morgan fingerprint density at radius 3 is 1.60 bits per heavy atom. The second-order valence-corrected chi connectivity index (χ2v) is 17.3. The summed E-state index contributed by atoms with van der Waals surface area (Å²) in [6.45, 7) is 10.7. The predicted octanol–water partition coefficient (Wildman–Crippen LogP) is 9.12. The molecule has 0 spiro atoms. The molecule has 2 saturated heterocycles. The van der Waals surface area contributed by atoms with E-state index in [0.717, 1.165) is 87.2 Å². The van der Waals surface area contributed by atoms with Crippen molar-refractivity contribution in [2.45, 2.75) is 91.5 Å². The van der Waals surface area contributed by atoms with Crippen LogP contribution in [0.3, 0.4) is 0 Å². The fraction of sp³-hybridized carbons (Fsp3) is 0.388. The Labute approximate surface area is 409 Å². The smallest absolute Gasteiger partial charge is 0.306 e. The molecule has 348 valence electrons. The molecule has 0 saturated carbocycles. The number of benzene rings is 4. The lowest BCUT2D eigenvalue weighted by Crippen LogP contribution is -2.50. The molecule has 65 heavy (non-hydrogen) atoms. The molecule has 2 aromatic heterocycles. The first-order valence-electron chi connectivity index (χ1n) is 21.6. The minimum Gasteiger partial charge on any atom is -0.461 e. The minimum absolute atomic E-state index is 0. The monoisotopic (exact) mass is 957 g/mol. The second-order valence-electron chi connectivity index (χ2n) is 17.3. The van der Waals surface area contributed by atoms with E-state index in [1.54, 1.807) is 0 Å². The van der Waals surface area contributed by atoms with E-state index in [9.17, 15) is 19.2 Å². The number of nitrogens with one attached hydrogen (secondary N) is 3. The Balaban J connectivity index is 0.00000231. The minimum atomic E-state index is -0.573. The summed E-state index contributed by atoms with van der Waals surface area (Å²) < 4.78 is 5.56. The van der Waals surface area contributed by atoms with E-state index in [1.165, 1.54) is 6.92 Å². The number of hydrogen-bond donors (Lipinski definition) is 3. The third-order valence-electron chi connectivity index (χ3n) is 12.3. The molecule has 0 bridgehead atoms. The molecule has 0 aliphatic carbocycles. The molecule has 0 radical (unpaired) electrons. The number of amides is 3. The van der Waals surface area contributed by atoms with Gasteiger partial charge in [-0.3, -0.25) is 19.2 Å². The van der Waals surface area contributed by atoms with Crippen molar-refractivity contribution in [2.75, 3.05) is 13.1 Å². The van der Waals surface area contributed by atoms with Gasteiger partial charge in [-0.1, -0.05) is 94.4 Å². The molecule has 2 fully saturated rings. The average molecular weight is 958 g/mol. The summed E-state index contributed by atoms with van der Waals surface area (Å²) >= 11 is 0. The molecular formula is C49H63N7O5S4. The van der Waals surface area contributed by atoms with Crippen LogP contribution in [0.4, 0.5) is 0 Å². The van der Waals surface area contributed by atoms with Crippen LogP contribution in [-0.2, 0) is 30.5 Å². The zero-order chi connectivity index (χ0) is 42.8. The quantitative estimate of drug-likeness (QED) is 0.0977. The number of ether oxygens (including phenoxy) is 1. The van der Waals surface area contributed by atoms with E-state index < -0.39 is 12.0 Å². The number of aromatic nitrogens is 4. The number of fused-ring (bicyclic) bond motifs is 2. The van der Waals surface area contributed by atoms with E-state index in [0.29, 0.717) is 13.1 Å². The largest absolute Gasteiger partial charge is 0.461 e. The van der Waals surface area contributed by atoms with Crippen LogP contribution in [0, 0.1) is 17.8 Å². The third kappa shape index (κ3) is 11.7. The number of imidazole rings is 2. The van der Waals surface area contributed by atoms with Crippen molar-refractivity contribution in [3.63, 3.8) is 0 Å². The van der Waals surface area contributed by atoms with E-state index in [-0.39, 0.29) is 115 Å². The van der Waals surface area contributed by atoms with Crippen LogP contribution in [0.2, 0.25) is 0 Å². The van der Waals surface area contributed by atoms with Crippen molar-refractivity contribution in [2.24, 2.45) is 17.8 Å². The van der Waals surface area contributed by atoms with Gasteiger partial charge in [-0.05, 0) is 89.6 Å². The molecule has 4 aromatic carbocycles. The summed E-state index contributed by atoms with van der Waals surface area (Å²) in [6.07, 6.45) is 3.39. The number of rotatable bonds is 13. The van der Waals surface area contributed by atoms with E-state index >= 15 is 0 Å². The molecule has 6 aromatic rings. The van der Waals surface area contributed by atoms with Crippen LogP contribution in [0.5, 0.6) is 0 Å². The highest BCUT2D eigenvalue weighted by Gasteiger charge is 2.39. The molecule has 4 atom stereocenters. The SMILES string of the molecule is CC(=O)N[C@H](C(=O)N1CCC[C@H]1c1nc2ccc(-c3ccc(-c4ccc5nc([C@@H]6CCCN6C(=O)[C@@H](CC(=O)OCc6ccccc6)C(C)C)[nH]c5c4)cc3)cc2[nH]1)C(C)C.S.S.S.S. The van der Waals surface area contributed by atoms with Gasteiger partial charge in [-0.15, -0.1) is 0 Å². The fourth-order valence-corrected chi connectivity index (χ4v) is 8.93. The van der Waals surface area contributed by atoms with Gasteiger partial charge < -0.3 is 29.8 Å². The Bertz CT molecular complexity index is 2560. The molecule has 3 amide bonds. The van der Waals surface area contributed by atoms with Crippen molar-refractivity contribution < 1.29 is 23.9 Å². The highest BCUT2D eigenvalue weighted by Crippen LogP contribution is 2.37. The number of carbonyl (C=O) groups is 4. The molecule has 2 aliphatic rings. The first kappa shape index (κ1) is 52.7. The summed E-state index contributed by atoms with van der Waals surface area (Å²) in [7, 11) is 0. The van der Waals surface area contributed by atoms with E-state index in [2.05, 4.69) is 63.8 Å². The van der Waals surface area contributed by atoms with E-state index in [4.69, 9.17) is 14.7 Å². The van der Waals surface area contributed by atoms with Crippen LogP contribution >= 0.6 is 54.0 Å². The topological polar surface area (TPSA) is 153 Å². The maximum Gasteiger partial charge on any atom is 0.306 e. The van der Waals surface area contributed by atoms with Gasteiger partial charge in [0.2, 0.25) is 17.7 Å². The van der Waals surface area contributed by atoms with Crippen LogP contribution in [-0.4, -0.2) is 72.6 Å². The maximum atomic E-state index is 14.0. The number of likely N-dealkylation sites (tertiary alicyclic amines) is 2. The van der Waals surface area contributed by atoms with Crippen molar-refractivity contribution >= 4 is 99.7 Å². The summed E-state index contributed by atoms with van der Waals surface area (Å²) in [6, 6.07) is 29.5. The van der Waals surface area contributed by atoms with Crippen LogP contribution in [0.25, 0.3) is 44.3 Å². The standard InChI is InChI=1S/C49H55N7O5.4H2S/c1-29(2)37(27-44(58)61-28-32-11-7-6-8-12-32)48(59)55-23-9-13-42(55)46-51-38-21-19-35(25-40(38)53-46)33-15-17-34(18-16-33)36-20-22-39-41(26-36)54-47(52-39)43-14-10-24-56(43)49(60)45(30(3)4)50-31(5)57;;;;/h6-8,11-12,15-22,25-26,29-30,37,42-43,45H,9-10,13-14,23-24,27-28H2,1-5H3,(H,50,57)(H,51,53)(H,52,54);4*1H2/t37-,42-,43-,45-;;;;/m0..../s1. The number of carbonyl (C=O) groups excluding carboxylic acids is 4. The Morgan fingerprint density at radius 1 is 0.662 bits per heavy atom. The first-order chi connectivity index (χ1) is 29.4. The molecule has 4 heterocycles. The van der Waals surface area contributed by atoms with Gasteiger partial charge in [-0.25, -0.2) is 9.97 Å². The van der Waals surface area contributed by atoms with Crippen molar-refractivity contribution in [1.29, 1.82) is 0 Å². The van der Waals surface area contributed by atoms with Crippen molar-refractivity contribution in [3.8, 4) is 22.3 Å². The molecule has 16 heteroatoms. The first-order valence-corrected chi connectivity index (χ1v) is 21.6. The predicted molar refractivity (Wildman–Crippen MR) is 277 cm³/mol. The highest BCUT2D eigenvalue weighted by atomic mass is 32.1. The summed E-state index contributed by atoms with van der Waals surface area (Å²) in [5.41, 5.74) is 8.62. The van der Waals surface area contributed by atoms with Crippen molar-refractivity contribution in [3.05, 3.63) is 108 Å². The highest BCUT2D eigenvalue weighted by molar-refractivity contribution is 7.59. The fourth-order valence-electron chi connectivity index (χ4n) is 8.93. The molecule has 8 rings (SSSR count). The number of H-pyrrole nitrogens is 2. The van der Waals surface area contributed by atoms with Gasteiger partial charge >= 0.3 is 5.97 Å². The van der Waals surface area contributed by atoms with Crippen LogP contribution in [0.15, 0.2) is 91.0 Å². The zero-order valence-electron chi connectivity index (χ0n) is 37.6. The third-order valence-corrected chi connectivity index (χ3v) is 12.3. The normalized spacial score (nSPS) is 16.6. The molecular weight excluding hydrogens is 895 g/mol. The lowest BCUT2D eigenvalue weighted by atomic mass is 9.90. The number of nitrogens with zero attached hydrogens (tertiary/aromatic N) is 4. The molecule has 12 nitrogen and oxygen atoms in total. The summed E-state index contributed by atoms with van der Waals surface area (Å²) in [5, 5.41) is 2.85. The number of esters is 1. The van der Waals surface area contributed by atoms with Gasteiger partial charge in [-0.2, -0.15) is 54.0 Å². The van der Waals surface area contributed by atoms with Crippen LogP contribution < -0.4 is 5.32 Å².